The van der Waals surface area contributed by atoms with E-state index in [1.165, 1.54) is 0 Å². The molecule has 3 aromatic heterocycles. The van der Waals surface area contributed by atoms with Crippen LogP contribution in [0.5, 0.6) is 0 Å². The van der Waals surface area contributed by atoms with Crippen molar-refractivity contribution in [1.29, 1.82) is 0 Å². The maximum atomic E-state index is 5.87. The van der Waals surface area contributed by atoms with Crippen LogP contribution in [0.25, 0.3) is 22.3 Å². The average molecular weight is 363 g/mol. The molecule has 2 atom stereocenters. The molecule has 140 valence electrons. The molecular weight excluding hydrogens is 338 g/mol. The highest BCUT2D eigenvalue weighted by atomic mass is 16.5. The Balaban J connectivity index is 1.82. The van der Waals surface area contributed by atoms with Gasteiger partial charge in [0.15, 0.2) is 0 Å². The van der Waals surface area contributed by atoms with Crippen molar-refractivity contribution in [3.8, 4) is 22.3 Å². The second kappa shape index (κ2) is 7.16. The van der Waals surface area contributed by atoms with Gasteiger partial charge in [-0.05, 0) is 63.1 Å². The second-order valence-corrected chi connectivity index (χ2v) is 7.33. The molecule has 1 saturated heterocycles. The van der Waals surface area contributed by atoms with Crippen LogP contribution in [0, 0.1) is 13.8 Å². The van der Waals surface area contributed by atoms with E-state index in [0.29, 0.717) is 0 Å². The summed E-state index contributed by atoms with van der Waals surface area (Å²) in [6, 6.07) is 8.32. The van der Waals surface area contributed by atoms with Gasteiger partial charge in [-0.1, -0.05) is 0 Å². The molecule has 5 heteroatoms. The third kappa shape index (κ3) is 3.60. The van der Waals surface area contributed by atoms with Gasteiger partial charge in [-0.2, -0.15) is 0 Å². The number of furan rings is 1. The molecule has 4 rings (SSSR count). The van der Waals surface area contributed by atoms with E-state index >= 15 is 0 Å². The highest BCUT2D eigenvalue weighted by molar-refractivity contribution is 5.85. The number of rotatable bonds is 3. The van der Waals surface area contributed by atoms with Crippen LogP contribution in [0.3, 0.4) is 0 Å². The van der Waals surface area contributed by atoms with Gasteiger partial charge in [0.2, 0.25) is 0 Å². The summed E-state index contributed by atoms with van der Waals surface area (Å²) in [5.74, 6) is 1.88. The van der Waals surface area contributed by atoms with Crippen molar-refractivity contribution in [3.05, 3.63) is 54.4 Å². The van der Waals surface area contributed by atoms with Crippen molar-refractivity contribution in [2.75, 3.05) is 18.0 Å². The molecule has 0 radical (unpaired) electrons. The first-order chi connectivity index (χ1) is 13.0. The van der Waals surface area contributed by atoms with Crippen LogP contribution in [0.4, 0.5) is 5.82 Å². The maximum Gasteiger partial charge on any atom is 0.129 e. The lowest BCUT2D eigenvalue weighted by atomic mass is 9.96. The molecule has 2 unspecified atom stereocenters. The molecule has 1 aliphatic heterocycles. The summed E-state index contributed by atoms with van der Waals surface area (Å²) in [6.45, 7) is 9.90. The molecule has 0 amide bonds. The minimum absolute atomic E-state index is 0.192. The Labute approximate surface area is 160 Å². The predicted molar refractivity (Wildman–Crippen MR) is 107 cm³/mol. The average Bonchev–Trinajstić information content (AvgIpc) is 3.06. The van der Waals surface area contributed by atoms with Crippen LogP contribution in [0.2, 0.25) is 0 Å². The first-order valence-electron chi connectivity index (χ1n) is 9.39. The summed E-state index contributed by atoms with van der Waals surface area (Å²) in [5, 5.41) is 0. The van der Waals surface area contributed by atoms with Gasteiger partial charge < -0.3 is 14.1 Å². The summed E-state index contributed by atoms with van der Waals surface area (Å²) in [7, 11) is 0. The van der Waals surface area contributed by atoms with Crippen LogP contribution < -0.4 is 4.90 Å². The van der Waals surface area contributed by atoms with Gasteiger partial charge in [0, 0.05) is 42.3 Å². The van der Waals surface area contributed by atoms with Crippen molar-refractivity contribution in [1.82, 2.24) is 9.97 Å². The zero-order chi connectivity index (χ0) is 19.0. The van der Waals surface area contributed by atoms with E-state index in [4.69, 9.17) is 14.1 Å². The third-order valence-corrected chi connectivity index (χ3v) is 4.99. The zero-order valence-corrected chi connectivity index (χ0v) is 16.3. The molecule has 0 spiro atoms. The number of pyridine rings is 2. The van der Waals surface area contributed by atoms with Crippen molar-refractivity contribution in [2.45, 2.75) is 39.9 Å². The van der Waals surface area contributed by atoms with E-state index in [1.807, 2.05) is 38.4 Å². The quantitative estimate of drug-likeness (QED) is 0.679. The number of aryl methyl sites for hydroxylation is 2. The minimum Gasteiger partial charge on any atom is -0.469 e. The molecular formula is C22H25N3O2. The minimum atomic E-state index is 0.192. The SMILES string of the molecule is Cc1cc(-c2cnc(N3CC(C)OC(C)C3)cc2-c2ccoc2C)ccn1. The molecule has 1 aliphatic rings. The fourth-order valence-electron chi connectivity index (χ4n) is 3.81. The van der Waals surface area contributed by atoms with Crippen molar-refractivity contribution in [3.63, 3.8) is 0 Å². The lowest BCUT2D eigenvalue weighted by Crippen LogP contribution is -2.45. The predicted octanol–water partition coefficient (Wildman–Crippen LogP) is 4.63. The Hall–Kier alpha value is -2.66. The van der Waals surface area contributed by atoms with Crippen molar-refractivity contribution >= 4 is 5.82 Å². The highest BCUT2D eigenvalue weighted by Crippen LogP contribution is 2.36. The summed E-state index contributed by atoms with van der Waals surface area (Å²) >= 11 is 0. The number of morpholine rings is 1. The van der Waals surface area contributed by atoms with E-state index in [2.05, 4.69) is 35.9 Å². The molecule has 0 bridgehead atoms. The van der Waals surface area contributed by atoms with Crippen LogP contribution in [-0.4, -0.2) is 35.3 Å². The van der Waals surface area contributed by atoms with Crippen LogP contribution in [0.15, 0.2) is 47.3 Å². The van der Waals surface area contributed by atoms with Gasteiger partial charge in [-0.25, -0.2) is 4.98 Å². The third-order valence-electron chi connectivity index (χ3n) is 4.99. The Bertz CT molecular complexity index is 940. The van der Waals surface area contributed by atoms with Gasteiger partial charge in [0.05, 0.1) is 18.5 Å². The number of aromatic nitrogens is 2. The topological polar surface area (TPSA) is 51.4 Å². The normalized spacial score (nSPS) is 20.1. The Morgan fingerprint density at radius 1 is 0.963 bits per heavy atom. The Kier molecular flexibility index (Phi) is 4.70. The molecule has 0 aliphatic carbocycles. The first-order valence-corrected chi connectivity index (χ1v) is 9.39. The van der Waals surface area contributed by atoms with E-state index in [1.54, 1.807) is 6.26 Å². The summed E-state index contributed by atoms with van der Waals surface area (Å²) in [5.41, 5.74) is 5.41. The lowest BCUT2D eigenvalue weighted by Gasteiger charge is -2.36. The lowest BCUT2D eigenvalue weighted by molar-refractivity contribution is -0.00545. The van der Waals surface area contributed by atoms with E-state index in [9.17, 15) is 0 Å². The van der Waals surface area contributed by atoms with E-state index < -0.39 is 0 Å². The Morgan fingerprint density at radius 2 is 1.74 bits per heavy atom. The van der Waals surface area contributed by atoms with E-state index in [0.717, 1.165) is 52.6 Å². The van der Waals surface area contributed by atoms with Crippen LogP contribution in [0.1, 0.15) is 25.3 Å². The largest absolute Gasteiger partial charge is 0.469 e. The fourth-order valence-corrected chi connectivity index (χ4v) is 3.81. The number of ether oxygens (including phenoxy) is 1. The number of anilines is 1. The molecule has 4 heterocycles. The van der Waals surface area contributed by atoms with Crippen LogP contribution >= 0.6 is 0 Å². The zero-order valence-electron chi connectivity index (χ0n) is 16.3. The summed E-state index contributed by atoms with van der Waals surface area (Å²) in [6.07, 6.45) is 5.94. The molecule has 1 fully saturated rings. The molecule has 0 aromatic carbocycles. The van der Waals surface area contributed by atoms with Gasteiger partial charge in [0.1, 0.15) is 11.6 Å². The number of hydrogen-bond acceptors (Lipinski definition) is 5. The fraction of sp³-hybridized carbons (Fsp3) is 0.364. The second-order valence-electron chi connectivity index (χ2n) is 7.33. The first kappa shape index (κ1) is 17.7. The van der Waals surface area contributed by atoms with Crippen molar-refractivity contribution in [2.24, 2.45) is 0 Å². The molecule has 0 saturated carbocycles. The molecule has 0 N–H and O–H groups in total. The van der Waals surface area contributed by atoms with Gasteiger partial charge in [0.25, 0.3) is 0 Å². The molecule has 3 aromatic rings. The van der Waals surface area contributed by atoms with E-state index in [-0.39, 0.29) is 12.2 Å². The van der Waals surface area contributed by atoms with Gasteiger partial charge >= 0.3 is 0 Å². The summed E-state index contributed by atoms with van der Waals surface area (Å²) < 4.78 is 11.5. The van der Waals surface area contributed by atoms with Gasteiger partial charge in [-0.3, -0.25) is 4.98 Å². The monoisotopic (exact) mass is 363 g/mol. The maximum absolute atomic E-state index is 5.87. The Morgan fingerprint density at radius 3 is 2.41 bits per heavy atom. The number of hydrogen-bond donors (Lipinski definition) is 0. The van der Waals surface area contributed by atoms with Crippen molar-refractivity contribution < 1.29 is 9.15 Å². The standard InChI is InChI=1S/C22H25N3O2/c1-14-9-18(5-7-23-14)21-11-24-22(25-12-15(2)27-16(3)13-25)10-20(21)19-6-8-26-17(19)4/h5-11,15-16H,12-13H2,1-4H3. The highest BCUT2D eigenvalue weighted by Gasteiger charge is 2.24. The molecule has 27 heavy (non-hydrogen) atoms. The number of nitrogens with zero attached hydrogens (tertiary/aromatic N) is 3. The smallest absolute Gasteiger partial charge is 0.129 e. The molecule has 5 nitrogen and oxygen atoms in total. The summed E-state index contributed by atoms with van der Waals surface area (Å²) in [4.78, 5) is 11.4. The van der Waals surface area contributed by atoms with Gasteiger partial charge in [-0.15, -0.1) is 0 Å². The van der Waals surface area contributed by atoms with Crippen LogP contribution in [-0.2, 0) is 4.74 Å².